The summed E-state index contributed by atoms with van der Waals surface area (Å²) in [5, 5.41) is 1.97. The van der Waals surface area contributed by atoms with Crippen LogP contribution in [0.3, 0.4) is 0 Å². The van der Waals surface area contributed by atoms with Crippen LogP contribution in [0.4, 0.5) is 0 Å². The second kappa shape index (κ2) is 10.7. The molecule has 140 valence electrons. The van der Waals surface area contributed by atoms with Crippen molar-refractivity contribution in [1.29, 1.82) is 0 Å². The molecule has 0 N–H and O–H groups in total. The van der Waals surface area contributed by atoms with Crippen molar-refractivity contribution in [3.8, 4) is 11.8 Å². The topological polar surface area (TPSA) is 39.2 Å². The molecule has 3 aromatic rings. The van der Waals surface area contributed by atoms with Gasteiger partial charge in [-0.3, -0.25) is 0 Å². The molecule has 1 heterocycles. The van der Waals surface area contributed by atoms with E-state index in [9.17, 15) is 4.79 Å². The van der Waals surface area contributed by atoms with Crippen molar-refractivity contribution in [2.75, 3.05) is 12.9 Å². The Kier molecular flexibility index (Phi) is 7.75. The fourth-order valence-electron chi connectivity index (χ4n) is 2.49. The number of nitrogens with zero attached hydrogens (tertiary/aromatic N) is 1. The van der Waals surface area contributed by atoms with Crippen LogP contribution in [0.15, 0.2) is 71.8 Å². The fraction of sp³-hybridized carbons (Fsp3) is 0.130. The van der Waals surface area contributed by atoms with Gasteiger partial charge in [0, 0.05) is 0 Å². The van der Waals surface area contributed by atoms with Crippen molar-refractivity contribution < 1.29 is 9.53 Å². The molecule has 3 nitrogen and oxygen atoms in total. The fourth-order valence-corrected chi connectivity index (χ4v) is 5.54. The van der Waals surface area contributed by atoms with Crippen LogP contribution in [-0.4, -0.2) is 38.8 Å². The standard InChI is InChI=1S/C23H19NO2SSe/c1-27-21-17-24-20-12-6-5-11-19(20)23(21)28-16-8-7-15-26-22(25)14-13-18-9-3-2-4-10-18/h2-6,9-14,17H,15-16H2,1H3/b14-13+. The number of fused-ring (bicyclic) bond motifs is 1. The number of rotatable bonds is 6. The molecule has 0 radical (unpaired) electrons. The number of carbonyl (C=O) groups excluding carboxylic acids is 1. The third kappa shape index (κ3) is 5.74. The number of benzene rings is 2. The maximum atomic E-state index is 11.7. The van der Waals surface area contributed by atoms with Crippen molar-refractivity contribution in [3.05, 3.63) is 72.4 Å². The van der Waals surface area contributed by atoms with Crippen LogP contribution in [0.25, 0.3) is 17.0 Å². The Morgan fingerprint density at radius 1 is 1.14 bits per heavy atom. The van der Waals surface area contributed by atoms with Crippen LogP contribution in [0.1, 0.15) is 5.56 Å². The predicted octanol–water partition coefficient (Wildman–Crippen LogP) is 3.96. The molecule has 0 aliphatic carbocycles. The van der Waals surface area contributed by atoms with E-state index in [1.807, 2.05) is 54.7 Å². The minimum absolute atomic E-state index is 0.112. The van der Waals surface area contributed by atoms with Crippen LogP contribution in [-0.2, 0) is 9.53 Å². The number of ether oxygens (including phenoxy) is 1. The molecule has 0 bridgehead atoms. The SMILES string of the molecule is CSc1cnc2ccccc2c1[Se]CC#CCOC(=O)/C=C/c1ccccc1. The molecule has 0 aliphatic rings. The number of thioether (sulfide) groups is 1. The molecule has 0 saturated carbocycles. The average Bonchev–Trinajstić information content (AvgIpc) is 2.75. The first-order chi connectivity index (χ1) is 13.8. The quantitative estimate of drug-likeness (QED) is 0.187. The zero-order valence-corrected chi connectivity index (χ0v) is 18.0. The molecule has 0 amide bonds. The molecule has 0 fully saturated rings. The summed E-state index contributed by atoms with van der Waals surface area (Å²) in [4.78, 5) is 17.4. The summed E-state index contributed by atoms with van der Waals surface area (Å²) < 4.78 is 6.46. The Labute approximate surface area is 175 Å². The first-order valence-corrected chi connectivity index (χ1v) is 12.0. The van der Waals surface area contributed by atoms with E-state index in [2.05, 4.69) is 29.1 Å². The van der Waals surface area contributed by atoms with Gasteiger partial charge in [0.05, 0.1) is 0 Å². The summed E-state index contributed by atoms with van der Waals surface area (Å²) in [7, 11) is 0. The Bertz CT molecular complexity index is 1040. The minimum atomic E-state index is -0.381. The molecule has 3 rings (SSSR count). The number of hydrogen-bond acceptors (Lipinski definition) is 4. The summed E-state index contributed by atoms with van der Waals surface area (Å²) in [6, 6.07) is 17.8. The van der Waals surface area contributed by atoms with Gasteiger partial charge in [-0.15, -0.1) is 0 Å². The normalized spacial score (nSPS) is 10.6. The molecule has 0 atom stereocenters. The molecular weight excluding hydrogens is 433 g/mol. The van der Waals surface area contributed by atoms with Gasteiger partial charge in [-0.05, 0) is 0 Å². The molecule has 5 heteroatoms. The zero-order valence-electron chi connectivity index (χ0n) is 15.4. The van der Waals surface area contributed by atoms with Crippen LogP contribution in [0, 0.1) is 11.8 Å². The number of aromatic nitrogens is 1. The van der Waals surface area contributed by atoms with E-state index in [-0.39, 0.29) is 27.5 Å². The van der Waals surface area contributed by atoms with Gasteiger partial charge < -0.3 is 0 Å². The molecular formula is C23H19NO2SSe. The molecule has 0 saturated heterocycles. The van der Waals surface area contributed by atoms with E-state index >= 15 is 0 Å². The Hall–Kier alpha value is -2.51. The summed E-state index contributed by atoms with van der Waals surface area (Å²) >= 11 is 1.93. The molecule has 28 heavy (non-hydrogen) atoms. The van der Waals surface area contributed by atoms with E-state index in [4.69, 9.17) is 4.74 Å². The van der Waals surface area contributed by atoms with Crippen LogP contribution < -0.4 is 4.46 Å². The van der Waals surface area contributed by atoms with Gasteiger partial charge in [0.25, 0.3) is 0 Å². The molecule has 0 unspecified atom stereocenters. The summed E-state index contributed by atoms with van der Waals surface area (Å²) in [5.74, 6) is 5.68. The van der Waals surface area contributed by atoms with Gasteiger partial charge in [0.1, 0.15) is 0 Å². The molecule has 1 aromatic heterocycles. The van der Waals surface area contributed by atoms with E-state index in [1.54, 1.807) is 17.8 Å². The number of hydrogen-bond donors (Lipinski definition) is 0. The Morgan fingerprint density at radius 3 is 2.75 bits per heavy atom. The molecule has 2 aromatic carbocycles. The second-order valence-corrected chi connectivity index (χ2v) is 8.58. The summed E-state index contributed by atoms with van der Waals surface area (Å²) in [5.41, 5.74) is 1.98. The number of carbonyl (C=O) groups is 1. The van der Waals surface area contributed by atoms with Crippen molar-refractivity contribution in [1.82, 2.24) is 4.98 Å². The van der Waals surface area contributed by atoms with Gasteiger partial charge in [-0.25, -0.2) is 0 Å². The third-order valence-corrected chi connectivity index (χ3v) is 7.00. The van der Waals surface area contributed by atoms with Crippen molar-refractivity contribution in [2.45, 2.75) is 10.2 Å². The van der Waals surface area contributed by atoms with Gasteiger partial charge in [-0.2, -0.15) is 0 Å². The van der Waals surface area contributed by atoms with Crippen LogP contribution >= 0.6 is 11.8 Å². The number of esters is 1. The van der Waals surface area contributed by atoms with Crippen molar-refractivity contribution in [3.63, 3.8) is 0 Å². The summed E-state index contributed by atoms with van der Waals surface area (Å²) in [6.45, 7) is 0.112. The van der Waals surface area contributed by atoms with Gasteiger partial charge in [-0.1, -0.05) is 0 Å². The first kappa shape index (κ1) is 20.2. The van der Waals surface area contributed by atoms with E-state index in [0.717, 1.165) is 16.4 Å². The van der Waals surface area contributed by atoms with Gasteiger partial charge in [0.15, 0.2) is 0 Å². The van der Waals surface area contributed by atoms with Crippen molar-refractivity contribution in [2.24, 2.45) is 0 Å². The molecule has 0 spiro atoms. The van der Waals surface area contributed by atoms with Gasteiger partial charge >= 0.3 is 176 Å². The van der Waals surface area contributed by atoms with Crippen molar-refractivity contribution >= 4 is 54.1 Å². The van der Waals surface area contributed by atoms with E-state index < -0.39 is 0 Å². The first-order valence-electron chi connectivity index (χ1n) is 8.68. The van der Waals surface area contributed by atoms with Crippen LogP contribution in [0.5, 0.6) is 0 Å². The zero-order chi connectivity index (χ0) is 19.6. The Balaban J connectivity index is 1.51. The van der Waals surface area contributed by atoms with E-state index in [1.165, 1.54) is 20.8 Å². The Morgan fingerprint density at radius 2 is 1.93 bits per heavy atom. The second-order valence-electron chi connectivity index (χ2n) is 5.67. The predicted molar refractivity (Wildman–Crippen MR) is 118 cm³/mol. The maximum absolute atomic E-state index is 11.7. The number of para-hydroxylation sites is 1. The van der Waals surface area contributed by atoms with Gasteiger partial charge in [0.2, 0.25) is 0 Å². The van der Waals surface area contributed by atoms with E-state index in [0.29, 0.717) is 0 Å². The third-order valence-electron chi connectivity index (χ3n) is 3.82. The summed E-state index contributed by atoms with van der Waals surface area (Å²) in [6.07, 6.45) is 7.17. The monoisotopic (exact) mass is 453 g/mol. The molecule has 0 aliphatic heterocycles. The number of pyridine rings is 1. The van der Waals surface area contributed by atoms with Crippen LogP contribution in [0.2, 0.25) is 5.32 Å². The average molecular weight is 452 g/mol.